The fraction of sp³-hybridized carbons (Fsp3) is 0.389. The van der Waals surface area contributed by atoms with Crippen LogP contribution in [0.3, 0.4) is 0 Å². The van der Waals surface area contributed by atoms with Crippen LogP contribution in [0.15, 0.2) is 82.4 Å². The molecule has 0 saturated carbocycles. The molecule has 4 aromatic rings. The van der Waals surface area contributed by atoms with Crippen molar-refractivity contribution in [3.63, 3.8) is 0 Å². The Bertz CT molecular complexity index is 1970. The van der Waals surface area contributed by atoms with Crippen molar-refractivity contribution in [2.45, 2.75) is 35.5 Å². The second kappa shape index (κ2) is 13.6. The molecule has 3 unspecified atom stereocenters. The standard InChI is InChI=1S/C36H40ClN5O7S/c1-39-14-16-40(17-15-39)22-24-5-12-33(48-4)30(19-24)36(41-23-27(47-3)21-32(41)34-38-13-18-49-34)29-20-25(37)6-11-31(29)42(35(36)43)50(44,45)28-9-7-26(46-2)8-10-28/h5-13,18-20,27,32H,14-17,21-23H2,1-4H3. The highest BCUT2D eigenvalue weighted by molar-refractivity contribution is 7.93. The van der Waals surface area contributed by atoms with Crippen molar-refractivity contribution in [2.24, 2.45) is 0 Å². The fourth-order valence-corrected chi connectivity index (χ4v) is 9.13. The van der Waals surface area contributed by atoms with Gasteiger partial charge in [0.1, 0.15) is 17.8 Å². The van der Waals surface area contributed by atoms with E-state index in [0.717, 1.165) is 36.0 Å². The zero-order valence-corrected chi connectivity index (χ0v) is 30.0. The Balaban J connectivity index is 1.48. The van der Waals surface area contributed by atoms with E-state index in [1.54, 1.807) is 50.7 Å². The summed E-state index contributed by atoms with van der Waals surface area (Å²) in [6, 6.07) is 16.1. The topological polar surface area (TPSA) is 118 Å². The quantitative estimate of drug-likeness (QED) is 0.230. The van der Waals surface area contributed by atoms with E-state index in [0.29, 0.717) is 46.5 Å². The molecule has 4 heterocycles. The van der Waals surface area contributed by atoms with Crippen LogP contribution >= 0.6 is 11.6 Å². The maximum atomic E-state index is 15.7. The van der Waals surface area contributed by atoms with Crippen LogP contribution in [0.2, 0.25) is 5.02 Å². The van der Waals surface area contributed by atoms with Gasteiger partial charge in [0.2, 0.25) is 5.89 Å². The number of oxazole rings is 1. The first kappa shape index (κ1) is 34.5. The van der Waals surface area contributed by atoms with E-state index in [2.05, 4.69) is 21.8 Å². The van der Waals surface area contributed by atoms with Crippen LogP contribution in [0, 0.1) is 0 Å². The van der Waals surface area contributed by atoms with Crippen LogP contribution in [0.1, 0.15) is 35.0 Å². The number of fused-ring (bicyclic) bond motifs is 1. The first-order valence-corrected chi connectivity index (χ1v) is 18.2. The minimum absolute atomic E-state index is 0.0698. The van der Waals surface area contributed by atoms with Crippen molar-refractivity contribution in [1.29, 1.82) is 0 Å². The third-order valence-electron chi connectivity index (χ3n) is 10.1. The van der Waals surface area contributed by atoms with Gasteiger partial charge in [-0.25, -0.2) is 17.7 Å². The Morgan fingerprint density at radius 2 is 1.72 bits per heavy atom. The molecule has 0 aliphatic carbocycles. The van der Waals surface area contributed by atoms with Gasteiger partial charge in [0.25, 0.3) is 15.9 Å². The fourth-order valence-electron chi connectivity index (χ4n) is 7.50. The lowest BCUT2D eigenvalue weighted by Gasteiger charge is -2.41. The second-order valence-electron chi connectivity index (χ2n) is 12.9. The predicted molar refractivity (Wildman–Crippen MR) is 187 cm³/mol. The van der Waals surface area contributed by atoms with Gasteiger partial charge in [-0.15, -0.1) is 0 Å². The Morgan fingerprint density at radius 3 is 2.38 bits per heavy atom. The minimum Gasteiger partial charge on any atom is -0.497 e. The van der Waals surface area contributed by atoms with E-state index in [1.165, 1.54) is 25.5 Å². The Kier molecular flexibility index (Phi) is 9.39. The maximum Gasteiger partial charge on any atom is 0.271 e. The summed E-state index contributed by atoms with van der Waals surface area (Å²) in [5.41, 5.74) is 0.271. The zero-order chi connectivity index (χ0) is 35.2. The molecule has 0 spiro atoms. The number of likely N-dealkylation sites (tertiary alicyclic amines) is 1. The van der Waals surface area contributed by atoms with Gasteiger partial charge in [0, 0.05) is 62.5 Å². The summed E-state index contributed by atoms with van der Waals surface area (Å²) in [6.07, 6.45) is 3.15. The van der Waals surface area contributed by atoms with Gasteiger partial charge in [-0.3, -0.25) is 14.6 Å². The summed E-state index contributed by atoms with van der Waals surface area (Å²) in [5.74, 6) is 0.581. The highest BCUT2D eigenvalue weighted by Crippen LogP contribution is 2.57. The van der Waals surface area contributed by atoms with Crippen LogP contribution in [0.4, 0.5) is 5.69 Å². The third-order valence-corrected chi connectivity index (χ3v) is 12.0. The normalized spacial score (nSPS) is 23.4. The molecular weight excluding hydrogens is 682 g/mol. The number of halogens is 1. The van der Waals surface area contributed by atoms with Crippen molar-refractivity contribution >= 4 is 33.2 Å². The number of carbonyl (C=O) groups excluding carboxylic acids is 1. The summed E-state index contributed by atoms with van der Waals surface area (Å²) in [4.78, 5) is 26.8. The molecule has 3 aliphatic rings. The number of anilines is 1. The summed E-state index contributed by atoms with van der Waals surface area (Å²) >= 11 is 6.73. The van der Waals surface area contributed by atoms with E-state index >= 15 is 4.79 Å². The van der Waals surface area contributed by atoms with Crippen molar-refractivity contribution in [2.75, 3.05) is 65.4 Å². The molecule has 50 heavy (non-hydrogen) atoms. The lowest BCUT2D eigenvalue weighted by molar-refractivity contribution is -0.127. The van der Waals surface area contributed by atoms with Crippen molar-refractivity contribution in [3.8, 4) is 11.5 Å². The molecule has 3 aliphatic heterocycles. The van der Waals surface area contributed by atoms with Gasteiger partial charge in [-0.2, -0.15) is 0 Å². The number of amides is 1. The van der Waals surface area contributed by atoms with E-state index in [4.69, 9.17) is 30.2 Å². The van der Waals surface area contributed by atoms with Crippen LogP contribution in [-0.2, 0) is 31.6 Å². The molecule has 7 rings (SSSR count). The van der Waals surface area contributed by atoms with Crippen LogP contribution in [0.5, 0.6) is 11.5 Å². The Morgan fingerprint density at radius 1 is 0.960 bits per heavy atom. The molecule has 2 saturated heterocycles. The van der Waals surface area contributed by atoms with Gasteiger partial charge < -0.3 is 23.5 Å². The number of ether oxygens (including phenoxy) is 3. The predicted octanol–water partition coefficient (Wildman–Crippen LogP) is 4.53. The average Bonchev–Trinajstić information content (AvgIpc) is 3.86. The molecule has 0 bridgehead atoms. The SMILES string of the molecule is COc1ccc(S(=O)(=O)N2C(=O)C(c3cc(CN4CCN(C)CC4)ccc3OC)(N3CC(OC)CC3c3ncco3)c3cc(Cl)ccc32)cc1. The lowest BCUT2D eigenvalue weighted by Crippen LogP contribution is -2.55. The number of rotatable bonds is 10. The van der Waals surface area contributed by atoms with Crippen LogP contribution < -0.4 is 13.8 Å². The van der Waals surface area contributed by atoms with E-state index in [9.17, 15) is 8.42 Å². The number of hydrogen-bond acceptors (Lipinski definition) is 11. The van der Waals surface area contributed by atoms with E-state index < -0.39 is 27.5 Å². The number of sulfonamides is 1. The molecular formula is C36H40ClN5O7S. The van der Waals surface area contributed by atoms with Crippen LogP contribution in [0.25, 0.3) is 0 Å². The maximum absolute atomic E-state index is 15.7. The monoisotopic (exact) mass is 721 g/mol. The number of hydrogen-bond donors (Lipinski definition) is 0. The van der Waals surface area contributed by atoms with E-state index in [1.807, 2.05) is 23.1 Å². The highest BCUT2D eigenvalue weighted by Gasteiger charge is 2.64. The number of benzene rings is 3. The number of aromatic nitrogens is 1. The zero-order valence-electron chi connectivity index (χ0n) is 28.4. The largest absolute Gasteiger partial charge is 0.497 e. The molecule has 264 valence electrons. The van der Waals surface area contributed by atoms with Gasteiger partial charge in [-0.05, 0) is 73.6 Å². The summed E-state index contributed by atoms with van der Waals surface area (Å²) in [5, 5.41) is 0.340. The first-order chi connectivity index (χ1) is 24.1. The minimum atomic E-state index is -4.46. The molecule has 0 N–H and O–H groups in total. The smallest absolute Gasteiger partial charge is 0.271 e. The molecule has 12 nitrogen and oxygen atoms in total. The van der Waals surface area contributed by atoms with Crippen molar-refractivity contribution < 1.29 is 31.8 Å². The molecule has 14 heteroatoms. The molecule has 3 aromatic carbocycles. The molecule has 1 aromatic heterocycles. The van der Waals surface area contributed by atoms with Gasteiger partial charge >= 0.3 is 0 Å². The molecule has 1 amide bonds. The summed E-state index contributed by atoms with van der Waals surface area (Å²) in [7, 11) is 2.31. The number of nitrogens with zero attached hydrogens (tertiary/aromatic N) is 5. The molecule has 3 atom stereocenters. The van der Waals surface area contributed by atoms with Crippen LogP contribution in [-0.4, -0.2) is 101 Å². The van der Waals surface area contributed by atoms with Gasteiger partial charge in [-0.1, -0.05) is 17.7 Å². The molecule has 2 fully saturated rings. The number of methoxy groups -OCH3 is 3. The molecule has 0 radical (unpaired) electrons. The first-order valence-electron chi connectivity index (χ1n) is 16.4. The average molecular weight is 722 g/mol. The second-order valence-corrected chi connectivity index (χ2v) is 15.1. The van der Waals surface area contributed by atoms with Crippen molar-refractivity contribution in [1.82, 2.24) is 19.7 Å². The number of likely N-dealkylation sites (N-methyl/N-ethyl adjacent to an activating group) is 1. The summed E-state index contributed by atoms with van der Waals surface area (Å²) in [6.45, 7) is 4.56. The van der Waals surface area contributed by atoms with Crippen molar-refractivity contribution in [3.05, 3.63) is 101 Å². The number of carbonyl (C=O) groups is 1. The number of piperazine rings is 1. The van der Waals surface area contributed by atoms with Gasteiger partial charge in [0.05, 0.1) is 43.1 Å². The van der Waals surface area contributed by atoms with E-state index in [-0.39, 0.29) is 23.2 Å². The summed E-state index contributed by atoms with van der Waals surface area (Å²) < 4.78 is 53.3. The Labute approximate surface area is 297 Å². The Hall–Kier alpha value is -3.98. The van der Waals surface area contributed by atoms with Gasteiger partial charge in [0.15, 0.2) is 5.54 Å². The highest BCUT2D eigenvalue weighted by atomic mass is 35.5. The third kappa shape index (κ3) is 5.75. The lowest BCUT2D eigenvalue weighted by atomic mass is 9.80.